The zero-order valence-corrected chi connectivity index (χ0v) is 13.2. The van der Waals surface area contributed by atoms with Gasteiger partial charge in [0.05, 0.1) is 5.69 Å². The molecule has 1 N–H and O–H groups in total. The lowest BCUT2D eigenvalue weighted by molar-refractivity contribution is 0.463. The van der Waals surface area contributed by atoms with Crippen molar-refractivity contribution in [1.82, 2.24) is 9.29 Å². The molecule has 0 saturated heterocycles. The van der Waals surface area contributed by atoms with Crippen LogP contribution < -0.4 is 5.32 Å². The first kappa shape index (κ1) is 15.5. The summed E-state index contributed by atoms with van der Waals surface area (Å²) in [6, 6.07) is 11.1. The molecule has 0 aliphatic rings. The largest absolute Gasteiger partial charge is 0.386 e. The lowest BCUT2D eigenvalue weighted by Crippen LogP contribution is -2.28. The molecule has 2 rings (SSSR count). The third-order valence-corrected chi connectivity index (χ3v) is 5.11. The number of nitrogens with zero attached hydrogens (tertiary/aromatic N) is 2. The third kappa shape index (κ3) is 3.22. The second-order valence-electron chi connectivity index (χ2n) is 4.79. The average Bonchev–Trinajstić information content (AvgIpc) is 2.49. The minimum atomic E-state index is -3.64. The van der Waals surface area contributed by atoms with E-state index in [2.05, 4.69) is 10.3 Å². The van der Waals surface area contributed by atoms with Gasteiger partial charge in [-0.2, -0.15) is 4.31 Å². The molecule has 0 unspecified atom stereocenters. The fourth-order valence-corrected chi connectivity index (χ4v) is 3.29. The van der Waals surface area contributed by atoms with Gasteiger partial charge in [0.1, 0.15) is 0 Å². The topological polar surface area (TPSA) is 62.3 Å². The van der Waals surface area contributed by atoms with Crippen LogP contribution in [-0.4, -0.2) is 31.8 Å². The van der Waals surface area contributed by atoms with E-state index >= 15 is 0 Å². The second kappa shape index (κ2) is 6.24. The summed E-state index contributed by atoms with van der Waals surface area (Å²) >= 11 is 0. The van der Waals surface area contributed by atoms with Crippen LogP contribution in [0.5, 0.6) is 0 Å². The quantitative estimate of drug-likeness (QED) is 0.920. The van der Waals surface area contributed by atoms with E-state index in [1.165, 1.54) is 10.5 Å². The van der Waals surface area contributed by atoms with Crippen molar-refractivity contribution in [3.63, 3.8) is 0 Å². The highest BCUT2D eigenvalue weighted by molar-refractivity contribution is 7.89. The summed E-state index contributed by atoms with van der Waals surface area (Å²) < 4.78 is 26.6. The fourth-order valence-electron chi connectivity index (χ4n) is 2.05. The van der Waals surface area contributed by atoms with E-state index in [4.69, 9.17) is 0 Å². The Bertz CT molecular complexity index is 729. The second-order valence-corrected chi connectivity index (χ2v) is 6.75. The van der Waals surface area contributed by atoms with Gasteiger partial charge in [-0.15, -0.1) is 0 Å². The summed E-state index contributed by atoms with van der Waals surface area (Å²) in [6.07, 6.45) is 1.48. The molecule has 1 heterocycles. The van der Waals surface area contributed by atoms with Gasteiger partial charge in [-0.05, 0) is 30.2 Å². The summed E-state index contributed by atoms with van der Waals surface area (Å²) in [4.78, 5) is 4.01. The van der Waals surface area contributed by atoms with Gasteiger partial charge >= 0.3 is 0 Å². The summed E-state index contributed by atoms with van der Waals surface area (Å²) in [7, 11) is -0.394. The molecule has 0 fully saturated rings. The summed E-state index contributed by atoms with van der Waals surface area (Å²) in [5, 5.41) is 2.91. The SMILES string of the molecule is CNc1cccnc1S(=O)(=O)N(C)Cc1ccccc1C. The molecule has 0 bridgehead atoms. The number of rotatable bonds is 5. The molecule has 6 heteroatoms. The number of pyridine rings is 1. The van der Waals surface area contributed by atoms with Gasteiger partial charge in [0.2, 0.25) is 0 Å². The van der Waals surface area contributed by atoms with Crippen LogP contribution in [-0.2, 0) is 16.6 Å². The van der Waals surface area contributed by atoms with E-state index in [1.54, 1.807) is 26.2 Å². The maximum atomic E-state index is 12.7. The van der Waals surface area contributed by atoms with Crippen molar-refractivity contribution in [2.24, 2.45) is 0 Å². The van der Waals surface area contributed by atoms with E-state index in [0.29, 0.717) is 12.2 Å². The normalized spacial score (nSPS) is 11.6. The van der Waals surface area contributed by atoms with Crippen LogP contribution >= 0.6 is 0 Å². The van der Waals surface area contributed by atoms with Gasteiger partial charge < -0.3 is 5.32 Å². The van der Waals surface area contributed by atoms with E-state index in [9.17, 15) is 8.42 Å². The molecule has 0 spiro atoms. The maximum Gasteiger partial charge on any atom is 0.262 e. The maximum absolute atomic E-state index is 12.7. The van der Waals surface area contributed by atoms with Crippen LogP contribution in [0.2, 0.25) is 0 Å². The molecular weight excluding hydrogens is 286 g/mol. The van der Waals surface area contributed by atoms with Crippen molar-refractivity contribution >= 4 is 15.7 Å². The van der Waals surface area contributed by atoms with Crippen LogP contribution in [0, 0.1) is 6.92 Å². The number of nitrogens with one attached hydrogen (secondary N) is 1. The summed E-state index contributed by atoms with van der Waals surface area (Å²) in [5.74, 6) is 0. The Hall–Kier alpha value is -1.92. The van der Waals surface area contributed by atoms with Crippen LogP contribution in [0.15, 0.2) is 47.6 Å². The smallest absolute Gasteiger partial charge is 0.262 e. The lowest BCUT2D eigenvalue weighted by Gasteiger charge is -2.19. The van der Waals surface area contributed by atoms with E-state index in [-0.39, 0.29) is 5.03 Å². The molecule has 112 valence electrons. The first-order valence-corrected chi connectivity index (χ1v) is 8.04. The van der Waals surface area contributed by atoms with E-state index in [1.807, 2.05) is 31.2 Å². The standard InChI is InChI=1S/C15H19N3O2S/c1-12-7-4-5-8-13(12)11-18(3)21(19,20)15-14(16-2)9-6-10-17-15/h4-10,16H,11H2,1-3H3. The van der Waals surface area contributed by atoms with Crippen LogP contribution in [0.1, 0.15) is 11.1 Å². The van der Waals surface area contributed by atoms with Crippen LogP contribution in [0.3, 0.4) is 0 Å². The Labute approximate surface area is 125 Å². The van der Waals surface area contributed by atoms with Gasteiger partial charge in [-0.3, -0.25) is 0 Å². The van der Waals surface area contributed by atoms with Crippen molar-refractivity contribution < 1.29 is 8.42 Å². The van der Waals surface area contributed by atoms with Gasteiger partial charge in [0, 0.05) is 26.8 Å². The highest BCUT2D eigenvalue weighted by Gasteiger charge is 2.25. The molecule has 0 saturated carbocycles. The molecule has 0 aliphatic heterocycles. The van der Waals surface area contributed by atoms with Crippen molar-refractivity contribution in [2.45, 2.75) is 18.5 Å². The minimum Gasteiger partial charge on any atom is -0.386 e. The molecule has 5 nitrogen and oxygen atoms in total. The predicted octanol–water partition coefficient (Wildman–Crippen LogP) is 2.25. The number of anilines is 1. The van der Waals surface area contributed by atoms with E-state index < -0.39 is 10.0 Å². The van der Waals surface area contributed by atoms with Gasteiger partial charge in [-0.1, -0.05) is 24.3 Å². The third-order valence-electron chi connectivity index (χ3n) is 3.35. The zero-order valence-electron chi connectivity index (χ0n) is 12.4. The number of sulfonamides is 1. The monoisotopic (exact) mass is 305 g/mol. The van der Waals surface area contributed by atoms with Crippen LogP contribution in [0.4, 0.5) is 5.69 Å². The molecule has 0 amide bonds. The predicted molar refractivity (Wildman–Crippen MR) is 83.6 cm³/mol. The van der Waals surface area contributed by atoms with Gasteiger partial charge in [0.15, 0.2) is 5.03 Å². The highest BCUT2D eigenvalue weighted by Crippen LogP contribution is 2.22. The van der Waals surface area contributed by atoms with Gasteiger partial charge in [0.25, 0.3) is 10.0 Å². The number of hydrogen-bond donors (Lipinski definition) is 1. The molecule has 0 atom stereocenters. The highest BCUT2D eigenvalue weighted by atomic mass is 32.2. The molecular formula is C15H19N3O2S. The minimum absolute atomic E-state index is 0.0450. The van der Waals surface area contributed by atoms with Crippen molar-refractivity contribution in [2.75, 3.05) is 19.4 Å². The Balaban J connectivity index is 2.33. The number of aryl methyl sites for hydroxylation is 1. The van der Waals surface area contributed by atoms with Gasteiger partial charge in [-0.25, -0.2) is 13.4 Å². The Morgan fingerprint density at radius 1 is 1.19 bits per heavy atom. The molecule has 21 heavy (non-hydrogen) atoms. The molecule has 0 aliphatic carbocycles. The zero-order chi connectivity index (χ0) is 15.5. The Kier molecular flexibility index (Phi) is 4.59. The fraction of sp³-hybridized carbons (Fsp3) is 0.267. The Morgan fingerprint density at radius 3 is 2.57 bits per heavy atom. The molecule has 2 aromatic rings. The average molecular weight is 305 g/mol. The van der Waals surface area contributed by atoms with Crippen molar-refractivity contribution in [3.05, 3.63) is 53.7 Å². The molecule has 1 aromatic heterocycles. The van der Waals surface area contributed by atoms with Crippen LogP contribution in [0.25, 0.3) is 0 Å². The molecule has 0 radical (unpaired) electrons. The number of hydrogen-bond acceptors (Lipinski definition) is 4. The summed E-state index contributed by atoms with van der Waals surface area (Å²) in [5.41, 5.74) is 2.54. The summed E-state index contributed by atoms with van der Waals surface area (Å²) in [6.45, 7) is 2.28. The molecule has 1 aromatic carbocycles. The van der Waals surface area contributed by atoms with Crippen molar-refractivity contribution in [3.8, 4) is 0 Å². The lowest BCUT2D eigenvalue weighted by atomic mass is 10.1. The number of benzene rings is 1. The van der Waals surface area contributed by atoms with Crippen molar-refractivity contribution in [1.29, 1.82) is 0 Å². The number of aromatic nitrogens is 1. The van der Waals surface area contributed by atoms with E-state index in [0.717, 1.165) is 11.1 Å². The first-order chi connectivity index (χ1) is 9.96. The first-order valence-electron chi connectivity index (χ1n) is 6.60. The Morgan fingerprint density at radius 2 is 1.90 bits per heavy atom.